The van der Waals surface area contributed by atoms with Gasteiger partial charge in [-0.15, -0.1) is 0 Å². The molecule has 3 nitrogen and oxygen atoms in total. The fourth-order valence-electron chi connectivity index (χ4n) is 1.34. The number of nitrogens with zero attached hydrogens (tertiary/aromatic N) is 2. The van der Waals surface area contributed by atoms with E-state index < -0.39 is 0 Å². The zero-order valence-electron chi connectivity index (χ0n) is 6.59. The van der Waals surface area contributed by atoms with Crippen molar-refractivity contribution in [3.05, 3.63) is 23.3 Å². The predicted molar refractivity (Wildman–Crippen MR) is 42.2 cm³/mol. The third kappa shape index (κ3) is 1.24. The maximum Gasteiger partial charge on any atom is 0.125 e. The molecule has 1 aromatic heterocycles. The van der Waals surface area contributed by atoms with Crippen molar-refractivity contribution in [2.24, 2.45) is 0 Å². The monoisotopic (exact) mass is 149 g/mol. The fourth-order valence-corrected chi connectivity index (χ4v) is 1.34. The van der Waals surface area contributed by atoms with E-state index in [1.54, 1.807) is 0 Å². The largest absolute Gasteiger partial charge is 0.312 e. The van der Waals surface area contributed by atoms with Crippen molar-refractivity contribution in [1.82, 2.24) is 15.3 Å². The van der Waals surface area contributed by atoms with Gasteiger partial charge in [0.25, 0.3) is 0 Å². The summed E-state index contributed by atoms with van der Waals surface area (Å²) in [7, 11) is 0. The molecule has 11 heavy (non-hydrogen) atoms. The van der Waals surface area contributed by atoms with Crippen LogP contribution in [0.2, 0.25) is 0 Å². The summed E-state index contributed by atoms with van der Waals surface area (Å²) in [5.41, 5.74) is 2.47. The molecule has 0 bridgehead atoms. The van der Waals surface area contributed by atoms with Gasteiger partial charge >= 0.3 is 0 Å². The highest BCUT2D eigenvalue weighted by atomic mass is 14.9. The van der Waals surface area contributed by atoms with Crippen LogP contribution in [0.3, 0.4) is 0 Å². The molecule has 1 aliphatic heterocycles. The first-order valence-electron chi connectivity index (χ1n) is 3.88. The lowest BCUT2D eigenvalue weighted by Crippen LogP contribution is -2.25. The molecule has 0 aliphatic carbocycles. The van der Waals surface area contributed by atoms with Gasteiger partial charge in [-0.25, -0.2) is 9.97 Å². The van der Waals surface area contributed by atoms with E-state index >= 15 is 0 Å². The minimum Gasteiger partial charge on any atom is -0.312 e. The maximum absolute atomic E-state index is 4.36. The van der Waals surface area contributed by atoms with Crippen molar-refractivity contribution in [3.63, 3.8) is 0 Å². The SMILES string of the molecule is Cc1ncc2c(n1)CCNC2. The average Bonchev–Trinajstić information content (AvgIpc) is 2.04. The predicted octanol–water partition coefficient (Wildman–Crippen LogP) is 0.431. The fraction of sp³-hybridized carbons (Fsp3) is 0.500. The summed E-state index contributed by atoms with van der Waals surface area (Å²) in [6.07, 6.45) is 2.96. The number of hydrogen-bond donors (Lipinski definition) is 1. The molecule has 0 spiro atoms. The number of fused-ring (bicyclic) bond motifs is 1. The first-order chi connectivity index (χ1) is 5.36. The molecular formula is C8H11N3. The molecule has 1 aromatic rings. The van der Waals surface area contributed by atoms with Crippen LogP contribution >= 0.6 is 0 Å². The molecule has 0 unspecified atom stereocenters. The van der Waals surface area contributed by atoms with E-state index in [0.717, 1.165) is 25.3 Å². The maximum atomic E-state index is 4.36. The van der Waals surface area contributed by atoms with Gasteiger partial charge in [0.1, 0.15) is 5.82 Å². The lowest BCUT2D eigenvalue weighted by Gasteiger charge is -2.14. The van der Waals surface area contributed by atoms with E-state index in [1.807, 2.05) is 13.1 Å². The molecule has 0 saturated carbocycles. The Bertz CT molecular complexity index is 270. The Hall–Kier alpha value is -0.960. The van der Waals surface area contributed by atoms with Crippen molar-refractivity contribution in [2.75, 3.05) is 6.54 Å². The molecule has 0 aromatic carbocycles. The summed E-state index contributed by atoms with van der Waals surface area (Å²) in [5.74, 6) is 0.880. The van der Waals surface area contributed by atoms with Crippen molar-refractivity contribution in [2.45, 2.75) is 19.9 Å². The van der Waals surface area contributed by atoms with Crippen LogP contribution in [0.1, 0.15) is 17.1 Å². The Morgan fingerprint density at radius 1 is 1.55 bits per heavy atom. The summed E-state index contributed by atoms with van der Waals surface area (Å²) in [6.45, 7) is 3.90. The highest BCUT2D eigenvalue weighted by Gasteiger charge is 2.09. The molecule has 1 N–H and O–H groups in total. The second kappa shape index (κ2) is 2.58. The number of aryl methyl sites for hydroxylation is 1. The van der Waals surface area contributed by atoms with Gasteiger partial charge in [-0.2, -0.15) is 0 Å². The molecule has 58 valence electrons. The van der Waals surface area contributed by atoms with Crippen LogP contribution in [0, 0.1) is 6.92 Å². The van der Waals surface area contributed by atoms with Crippen molar-refractivity contribution >= 4 is 0 Å². The Balaban J connectivity index is 2.43. The van der Waals surface area contributed by atoms with Gasteiger partial charge in [-0.3, -0.25) is 0 Å². The third-order valence-electron chi connectivity index (χ3n) is 1.93. The van der Waals surface area contributed by atoms with Crippen LogP contribution < -0.4 is 5.32 Å². The van der Waals surface area contributed by atoms with E-state index in [4.69, 9.17) is 0 Å². The minimum absolute atomic E-state index is 0.880. The smallest absolute Gasteiger partial charge is 0.125 e. The van der Waals surface area contributed by atoms with Crippen LogP contribution in [-0.2, 0) is 13.0 Å². The second-order valence-electron chi connectivity index (χ2n) is 2.82. The lowest BCUT2D eigenvalue weighted by molar-refractivity contribution is 0.622. The van der Waals surface area contributed by atoms with E-state index in [9.17, 15) is 0 Å². The zero-order valence-corrected chi connectivity index (χ0v) is 6.59. The van der Waals surface area contributed by atoms with Crippen LogP contribution in [0.5, 0.6) is 0 Å². The Morgan fingerprint density at radius 3 is 3.36 bits per heavy atom. The number of rotatable bonds is 0. The molecule has 2 rings (SSSR count). The quantitative estimate of drug-likeness (QED) is 0.581. The van der Waals surface area contributed by atoms with Gasteiger partial charge in [-0.05, 0) is 6.92 Å². The molecule has 0 amide bonds. The van der Waals surface area contributed by atoms with Crippen LogP contribution in [-0.4, -0.2) is 16.5 Å². The normalized spacial score (nSPS) is 16.1. The molecule has 0 atom stereocenters. The zero-order chi connectivity index (χ0) is 7.68. The van der Waals surface area contributed by atoms with Gasteiger partial charge in [0.15, 0.2) is 0 Å². The number of nitrogens with one attached hydrogen (secondary N) is 1. The number of aromatic nitrogens is 2. The first kappa shape index (κ1) is 6.73. The topological polar surface area (TPSA) is 37.8 Å². The number of hydrogen-bond acceptors (Lipinski definition) is 3. The highest BCUT2D eigenvalue weighted by Crippen LogP contribution is 2.08. The van der Waals surface area contributed by atoms with Crippen molar-refractivity contribution < 1.29 is 0 Å². The Morgan fingerprint density at radius 2 is 2.45 bits per heavy atom. The molecule has 0 radical (unpaired) electrons. The first-order valence-corrected chi connectivity index (χ1v) is 3.88. The summed E-state index contributed by atoms with van der Waals surface area (Å²) < 4.78 is 0. The van der Waals surface area contributed by atoms with E-state index in [1.165, 1.54) is 11.3 Å². The van der Waals surface area contributed by atoms with Crippen molar-refractivity contribution in [3.8, 4) is 0 Å². The van der Waals surface area contributed by atoms with E-state index in [-0.39, 0.29) is 0 Å². The van der Waals surface area contributed by atoms with Gasteiger partial charge in [0.05, 0.1) is 0 Å². The Kier molecular flexibility index (Phi) is 1.58. The average molecular weight is 149 g/mol. The molecule has 3 heteroatoms. The molecule has 1 aliphatic rings. The van der Waals surface area contributed by atoms with Crippen molar-refractivity contribution in [1.29, 1.82) is 0 Å². The van der Waals surface area contributed by atoms with E-state index in [0.29, 0.717) is 0 Å². The van der Waals surface area contributed by atoms with Crippen LogP contribution in [0.25, 0.3) is 0 Å². The summed E-state index contributed by atoms with van der Waals surface area (Å²) in [6, 6.07) is 0. The van der Waals surface area contributed by atoms with Gasteiger partial charge in [-0.1, -0.05) is 0 Å². The Labute approximate surface area is 65.9 Å². The molecule has 2 heterocycles. The van der Waals surface area contributed by atoms with Gasteiger partial charge in [0, 0.05) is 37.0 Å². The van der Waals surface area contributed by atoms with Gasteiger partial charge < -0.3 is 5.32 Å². The van der Waals surface area contributed by atoms with E-state index in [2.05, 4.69) is 15.3 Å². The third-order valence-corrected chi connectivity index (χ3v) is 1.93. The summed E-state index contributed by atoms with van der Waals surface area (Å²) in [4.78, 5) is 8.50. The lowest BCUT2D eigenvalue weighted by atomic mass is 10.1. The van der Waals surface area contributed by atoms with Crippen LogP contribution in [0.15, 0.2) is 6.20 Å². The summed E-state index contributed by atoms with van der Waals surface area (Å²) >= 11 is 0. The minimum atomic E-state index is 0.880. The van der Waals surface area contributed by atoms with Gasteiger partial charge in [0.2, 0.25) is 0 Å². The standard InChI is InChI=1S/C8H11N3/c1-6-10-5-7-4-9-3-2-8(7)11-6/h5,9H,2-4H2,1H3. The summed E-state index contributed by atoms with van der Waals surface area (Å²) in [5, 5.41) is 3.28. The highest BCUT2D eigenvalue weighted by molar-refractivity contribution is 5.19. The molecule has 0 saturated heterocycles. The van der Waals surface area contributed by atoms with Crippen LogP contribution in [0.4, 0.5) is 0 Å². The second-order valence-corrected chi connectivity index (χ2v) is 2.82. The molecule has 0 fully saturated rings. The molecular weight excluding hydrogens is 138 g/mol.